The highest BCUT2D eigenvalue weighted by molar-refractivity contribution is 5.97. The maximum absolute atomic E-state index is 13.0. The normalized spacial score (nSPS) is 11.8. The molecule has 0 radical (unpaired) electrons. The number of benzene rings is 2. The van der Waals surface area contributed by atoms with E-state index in [2.05, 4.69) is 20.1 Å². The SMILES string of the molecule is O=C(COC(=O)c1ccccc1C(F)(F)F)Nc1cc(C(F)(F)F)ccc1-n1cncn1. The van der Waals surface area contributed by atoms with Gasteiger partial charge in [0, 0.05) is 0 Å². The first-order valence-electron chi connectivity index (χ1n) is 8.66. The molecular weight excluding hydrogens is 446 g/mol. The minimum Gasteiger partial charge on any atom is -0.452 e. The summed E-state index contributed by atoms with van der Waals surface area (Å²) < 4.78 is 83.9. The maximum atomic E-state index is 13.0. The van der Waals surface area contributed by atoms with Gasteiger partial charge in [-0.25, -0.2) is 14.5 Å². The van der Waals surface area contributed by atoms with Gasteiger partial charge < -0.3 is 10.1 Å². The van der Waals surface area contributed by atoms with Gasteiger partial charge in [-0.15, -0.1) is 0 Å². The van der Waals surface area contributed by atoms with Crippen molar-refractivity contribution < 1.29 is 40.7 Å². The van der Waals surface area contributed by atoms with Crippen LogP contribution in [0.25, 0.3) is 5.69 Å². The lowest BCUT2D eigenvalue weighted by Gasteiger charge is -2.15. The Morgan fingerprint density at radius 3 is 2.34 bits per heavy atom. The molecule has 1 aromatic heterocycles. The number of halogens is 6. The van der Waals surface area contributed by atoms with Gasteiger partial charge in [-0.05, 0) is 30.3 Å². The minimum absolute atomic E-state index is 0.0255. The first kappa shape index (κ1) is 22.8. The molecule has 1 N–H and O–H groups in total. The molecule has 3 aromatic rings. The molecule has 1 amide bonds. The molecule has 0 saturated carbocycles. The van der Waals surface area contributed by atoms with E-state index in [1.165, 1.54) is 12.4 Å². The summed E-state index contributed by atoms with van der Waals surface area (Å²) in [6.45, 7) is -1.04. The van der Waals surface area contributed by atoms with Crippen molar-refractivity contribution >= 4 is 17.6 Å². The summed E-state index contributed by atoms with van der Waals surface area (Å²) in [6.07, 6.45) is -7.26. The summed E-state index contributed by atoms with van der Waals surface area (Å²) in [6, 6.07) is 6.24. The van der Waals surface area contributed by atoms with Crippen LogP contribution in [0.1, 0.15) is 21.5 Å². The minimum atomic E-state index is -4.83. The third kappa shape index (κ3) is 5.22. The van der Waals surface area contributed by atoms with Gasteiger partial charge in [0.15, 0.2) is 6.61 Å². The third-order valence-corrected chi connectivity index (χ3v) is 4.05. The summed E-state index contributed by atoms with van der Waals surface area (Å²) in [5.41, 5.74) is -3.45. The number of carbonyl (C=O) groups is 2. The van der Waals surface area contributed by atoms with Crippen LogP contribution < -0.4 is 5.32 Å². The number of hydrogen-bond acceptors (Lipinski definition) is 5. The van der Waals surface area contributed by atoms with Gasteiger partial charge in [-0.2, -0.15) is 31.4 Å². The Hall–Kier alpha value is -3.90. The second-order valence-corrected chi connectivity index (χ2v) is 6.24. The zero-order valence-electron chi connectivity index (χ0n) is 15.7. The van der Waals surface area contributed by atoms with Crippen molar-refractivity contribution in [2.75, 3.05) is 11.9 Å². The topological polar surface area (TPSA) is 86.1 Å². The van der Waals surface area contributed by atoms with E-state index in [4.69, 9.17) is 0 Å². The van der Waals surface area contributed by atoms with Crippen molar-refractivity contribution in [1.82, 2.24) is 14.8 Å². The summed E-state index contributed by atoms with van der Waals surface area (Å²) in [5, 5.41) is 5.91. The Morgan fingerprint density at radius 1 is 1.00 bits per heavy atom. The van der Waals surface area contributed by atoms with Crippen molar-refractivity contribution in [2.24, 2.45) is 0 Å². The summed E-state index contributed by atoms with van der Waals surface area (Å²) in [5.74, 6) is -2.50. The number of rotatable bonds is 5. The number of hydrogen-bond donors (Lipinski definition) is 1. The van der Waals surface area contributed by atoms with Crippen LogP contribution in [0.5, 0.6) is 0 Å². The molecule has 2 aromatic carbocycles. The summed E-state index contributed by atoms with van der Waals surface area (Å²) in [7, 11) is 0. The molecule has 0 unspecified atom stereocenters. The number of amides is 1. The first-order valence-corrected chi connectivity index (χ1v) is 8.66. The number of esters is 1. The molecule has 0 fully saturated rings. The molecule has 0 aliphatic carbocycles. The van der Waals surface area contributed by atoms with E-state index in [1.54, 1.807) is 0 Å². The number of carbonyl (C=O) groups excluding carboxylic acids is 2. The fourth-order valence-corrected chi connectivity index (χ4v) is 2.65. The van der Waals surface area contributed by atoms with Crippen molar-refractivity contribution in [1.29, 1.82) is 0 Å². The van der Waals surface area contributed by atoms with Gasteiger partial charge >= 0.3 is 18.3 Å². The maximum Gasteiger partial charge on any atom is 0.417 e. The second kappa shape index (κ2) is 8.69. The number of alkyl halides is 6. The molecule has 1 heterocycles. The third-order valence-electron chi connectivity index (χ3n) is 4.05. The molecule has 32 heavy (non-hydrogen) atoms. The van der Waals surface area contributed by atoms with Crippen LogP contribution in [0.3, 0.4) is 0 Å². The van der Waals surface area contributed by atoms with Crippen LogP contribution in [-0.2, 0) is 21.9 Å². The van der Waals surface area contributed by atoms with E-state index in [-0.39, 0.29) is 11.4 Å². The van der Waals surface area contributed by atoms with Crippen LogP contribution in [-0.4, -0.2) is 33.2 Å². The van der Waals surface area contributed by atoms with Crippen molar-refractivity contribution in [3.63, 3.8) is 0 Å². The molecule has 0 aliphatic heterocycles. The van der Waals surface area contributed by atoms with Crippen LogP contribution in [0.4, 0.5) is 32.0 Å². The van der Waals surface area contributed by atoms with E-state index in [1.807, 2.05) is 0 Å². The monoisotopic (exact) mass is 458 g/mol. The first-order chi connectivity index (χ1) is 15.0. The van der Waals surface area contributed by atoms with E-state index >= 15 is 0 Å². The van der Waals surface area contributed by atoms with Crippen LogP contribution in [0.15, 0.2) is 55.1 Å². The van der Waals surface area contributed by atoms with Gasteiger partial charge in [0.05, 0.1) is 28.1 Å². The Labute approximate surface area is 175 Å². The lowest BCUT2D eigenvalue weighted by Crippen LogP contribution is -2.23. The zero-order chi connectivity index (χ0) is 23.5. The summed E-state index contributed by atoms with van der Waals surface area (Å²) in [4.78, 5) is 27.9. The average Bonchev–Trinajstić information content (AvgIpc) is 3.25. The fourth-order valence-electron chi connectivity index (χ4n) is 2.65. The number of nitrogens with one attached hydrogen (secondary N) is 1. The molecule has 13 heteroatoms. The molecule has 7 nitrogen and oxygen atoms in total. The lowest BCUT2D eigenvalue weighted by atomic mass is 10.1. The molecule has 3 rings (SSSR count). The van der Waals surface area contributed by atoms with Crippen molar-refractivity contribution in [3.05, 3.63) is 71.8 Å². The van der Waals surface area contributed by atoms with Crippen LogP contribution in [0.2, 0.25) is 0 Å². The molecule has 168 valence electrons. The number of ether oxygens (including phenoxy) is 1. The van der Waals surface area contributed by atoms with Gasteiger partial charge in [-0.1, -0.05) is 12.1 Å². The van der Waals surface area contributed by atoms with Crippen molar-refractivity contribution in [3.8, 4) is 5.69 Å². The standard InChI is InChI=1S/C19H12F6N4O3/c20-18(21,22)11-5-6-15(29-10-26-9-27-29)14(7-11)28-16(30)8-32-17(31)12-3-1-2-4-13(12)19(23,24)25/h1-7,9-10H,8H2,(H,28,30). The Balaban J connectivity index is 1.77. The Morgan fingerprint density at radius 2 is 1.72 bits per heavy atom. The Kier molecular flexibility index (Phi) is 6.18. The second-order valence-electron chi connectivity index (χ2n) is 6.24. The van der Waals surface area contributed by atoms with Crippen LogP contribution >= 0.6 is 0 Å². The van der Waals surface area contributed by atoms with E-state index < -0.39 is 47.5 Å². The van der Waals surface area contributed by atoms with Crippen molar-refractivity contribution in [2.45, 2.75) is 12.4 Å². The average molecular weight is 458 g/mol. The highest BCUT2D eigenvalue weighted by atomic mass is 19.4. The molecule has 0 spiro atoms. The summed E-state index contributed by atoms with van der Waals surface area (Å²) >= 11 is 0. The molecule has 0 bridgehead atoms. The van der Waals surface area contributed by atoms with Crippen LogP contribution in [0, 0.1) is 0 Å². The quantitative estimate of drug-likeness (QED) is 0.460. The largest absolute Gasteiger partial charge is 0.452 e. The molecule has 0 saturated heterocycles. The number of nitrogens with zero attached hydrogens (tertiary/aromatic N) is 3. The smallest absolute Gasteiger partial charge is 0.417 e. The Bertz CT molecular complexity index is 1130. The lowest BCUT2D eigenvalue weighted by molar-refractivity contribution is -0.138. The van der Waals surface area contributed by atoms with Gasteiger partial charge in [0.2, 0.25) is 0 Å². The number of aromatic nitrogens is 3. The van der Waals surface area contributed by atoms with Gasteiger partial charge in [-0.3, -0.25) is 4.79 Å². The molecular formula is C19H12F6N4O3. The molecule has 0 aliphatic rings. The van der Waals surface area contributed by atoms with E-state index in [0.29, 0.717) is 12.1 Å². The predicted molar refractivity (Wildman–Crippen MR) is 96.7 cm³/mol. The van der Waals surface area contributed by atoms with Gasteiger partial charge in [0.1, 0.15) is 12.7 Å². The predicted octanol–water partition coefficient (Wildman–Crippen LogP) is 4.10. The highest BCUT2D eigenvalue weighted by Crippen LogP contribution is 2.34. The van der Waals surface area contributed by atoms with E-state index in [9.17, 15) is 35.9 Å². The molecule has 0 atom stereocenters. The highest BCUT2D eigenvalue weighted by Gasteiger charge is 2.35. The fraction of sp³-hybridized carbons (Fsp3) is 0.158. The number of anilines is 1. The van der Waals surface area contributed by atoms with Gasteiger partial charge in [0.25, 0.3) is 5.91 Å². The van der Waals surface area contributed by atoms with E-state index in [0.717, 1.165) is 35.3 Å². The zero-order valence-corrected chi connectivity index (χ0v) is 15.7.